The van der Waals surface area contributed by atoms with Gasteiger partial charge in [0.2, 0.25) is 5.91 Å². The molecule has 3 heteroatoms. The Bertz CT molecular complexity index is 346. The fraction of sp³-hybridized carbons (Fsp3) is 0.944. The van der Waals surface area contributed by atoms with Gasteiger partial charge in [0.15, 0.2) is 0 Å². The van der Waals surface area contributed by atoms with Crippen LogP contribution in [0, 0.1) is 23.2 Å². The molecule has 1 saturated heterocycles. The Balaban J connectivity index is 2.87. The summed E-state index contributed by atoms with van der Waals surface area (Å²) in [6.07, 6.45) is 2.29. The Morgan fingerprint density at radius 1 is 1.19 bits per heavy atom. The van der Waals surface area contributed by atoms with Gasteiger partial charge in [0.05, 0.1) is 12.2 Å². The normalized spacial score (nSPS) is 26.5. The summed E-state index contributed by atoms with van der Waals surface area (Å²) in [5.41, 5.74) is 0.233. The third-order valence-corrected chi connectivity index (χ3v) is 5.15. The van der Waals surface area contributed by atoms with Gasteiger partial charge in [0.1, 0.15) is 0 Å². The number of hydrogen-bond donors (Lipinski definition) is 1. The van der Waals surface area contributed by atoms with E-state index >= 15 is 0 Å². The number of nitrogens with zero attached hydrogens (tertiary/aromatic N) is 1. The van der Waals surface area contributed by atoms with Gasteiger partial charge in [-0.05, 0) is 29.6 Å². The number of rotatable bonds is 6. The highest BCUT2D eigenvalue weighted by molar-refractivity contribution is 5.84. The van der Waals surface area contributed by atoms with Gasteiger partial charge in [-0.3, -0.25) is 10.1 Å². The first kappa shape index (κ1) is 18.5. The van der Waals surface area contributed by atoms with Crippen molar-refractivity contribution in [1.82, 2.24) is 10.2 Å². The van der Waals surface area contributed by atoms with Crippen LogP contribution in [-0.4, -0.2) is 29.6 Å². The highest BCUT2D eigenvalue weighted by Gasteiger charge is 2.42. The maximum Gasteiger partial charge on any atom is 0.241 e. The highest BCUT2D eigenvalue weighted by atomic mass is 16.2. The third kappa shape index (κ3) is 4.70. The molecule has 0 aromatic carbocycles. The average Bonchev–Trinajstić information content (AvgIpc) is 2.64. The summed E-state index contributed by atoms with van der Waals surface area (Å²) in [5, 5.41) is 3.61. The Hall–Kier alpha value is -0.570. The number of amides is 1. The van der Waals surface area contributed by atoms with Gasteiger partial charge in [-0.1, -0.05) is 61.8 Å². The number of hydrogen-bond acceptors (Lipinski definition) is 2. The molecule has 1 aliphatic rings. The van der Waals surface area contributed by atoms with Crippen molar-refractivity contribution in [1.29, 1.82) is 0 Å². The van der Waals surface area contributed by atoms with Crippen molar-refractivity contribution in [3.8, 4) is 0 Å². The first-order valence-electron chi connectivity index (χ1n) is 8.64. The summed E-state index contributed by atoms with van der Waals surface area (Å²) in [6, 6.07) is 0.00548. The van der Waals surface area contributed by atoms with Gasteiger partial charge in [0, 0.05) is 6.54 Å². The standard InChI is InChI=1S/C18H36N2O/c1-9-13(4)16-17(21)20(11-14(5)18(6,7)8)15(19-16)10-12(2)3/h12-16,19H,9-11H2,1-8H3. The largest absolute Gasteiger partial charge is 0.325 e. The van der Waals surface area contributed by atoms with Crippen LogP contribution >= 0.6 is 0 Å². The Morgan fingerprint density at radius 3 is 2.19 bits per heavy atom. The molecule has 1 aliphatic heterocycles. The maximum atomic E-state index is 12.8. The van der Waals surface area contributed by atoms with E-state index in [1.807, 2.05) is 0 Å². The van der Waals surface area contributed by atoms with Crippen LogP contribution in [-0.2, 0) is 4.79 Å². The second-order valence-corrected chi connectivity index (χ2v) is 8.43. The molecule has 0 radical (unpaired) electrons. The lowest BCUT2D eigenvalue weighted by Gasteiger charge is -2.34. The minimum atomic E-state index is 0.00548. The fourth-order valence-electron chi connectivity index (χ4n) is 2.77. The predicted molar refractivity (Wildman–Crippen MR) is 90.0 cm³/mol. The monoisotopic (exact) mass is 296 g/mol. The molecule has 4 unspecified atom stereocenters. The molecule has 0 bridgehead atoms. The molecule has 0 aromatic heterocycles. The quantitative estimate of drug-likeness (QED) is 0.806. The van der Waals surface area contributed by atoms with Crippen LogP contribution in [0.2, 0.25) is 0 Å². The minimum Gasteiger partial charge on any atom is -0.325 e. The molecule has 0 aromatic rings. The lowest BCUT2D eigenvalue weighted by atomic mass is 9.81. The topological polar surface area (TPSA) is 32.3 Å². The SMILES string of the molecule is CCC(C)C1NC(CC(C)C)N(CC(C)C(C)(C)C)C1=O. The molecular formula is C18H36N2O. The van der Waals surface area contributed by atoms with Gasteiger partial charge < -0.3 is 4.90 Å². The van der Waals surface area contributed by atoms with E-state index in [-0.39, 0.29) is 17.6 Å². The van der Waals surface area contributed by atoms with Crippen LogP contribution in [0.4, 0.5) is 0 Å². The molecule has 1 N–H and O–H groups in total. The summed E-state index contributed by atoms with van der Waals surface area (Å²) in [7, 11) is 0. The van der Waals surface area contributed by atoms with Crippen LogP contribution in [0.3, 0.4) is 0 Å². The first-order valence-corrected chi connectivity index (χ1v) is 8.64. The highest BCUT2D eigenvalue weighted by Crippen LogP contribution is 2.30. The summed E-state index contributed by atoms with van der Waals surface area (Å²) in [5.74, 6) is 1.81. The van der Waals surface area contributed by atoms with Crippen molar-refractivity contribution in [3.63, 3.8) is 0 Å². The predicted octanol–water partition coefficient (Wildman–Crippen LogP) is 3.89. The van der Waals surface area contributed by atoms with Crippen molar-refractivity contribution in [2.75, 3.05) is 6.54 Å². The van der Waals surface area contributed by atoms with E-state index in [1.165, 1.54) is 0 Å². The third-order valence-electron chi connectivity index (χ3n) is 5.15. The van der Waals surface area contributed by atoms with Gasteiger partial charge in [-0.25, -0.2) is 0 Å². The minimum absolute atomic E-state index is 0.00548. The molecule has 124 valence electrons. The van der Waals surface area contributed by atoms with Gasteiger partial charge in [0.25, 0.3) is 0 Å². The van der Waals surface area contributed by atoms with E-state index in [9.17, 15) is 4.79 Å². The van der Waals surface area contributed by atoms with Crippen molar-refractivity contribution >= 4 is 5.91 Å². The fourth-order valence-corrected chi connectivity index (χ4v) is 2.77. The summed E-state index contributed by atoms with van der Waals surface area (Å²) in [6.45, 7) is 18.7. The summed E-state index contributed by atoms with van der Waals surface area (Å²) < 4.78 is 0. The lowest BCUT2D eigenvalue weighted by Crippen LogP contribution is -2.43. The number of nitrogens with one attached hydrogen (secondary N) is 1. The van der Waals surface area contributed by atoms with E-state index in [2.05, 4.69) is 65.6 Å². The van der Waals surface area contributed by atoms with Crippen LogP contribution in [0.5, 0.6) is 0 Å². The molecule has 0 spiro atoms. The zero-order chi connectivity index (χ0) is 16.4. The van der Waals surface area contributed by atoms with E-state index in [0.29, 0.717) is 23.7 Å². The van der Waals surface area contributed by atoms with Crippen molar-refractivity contribution in [2.45, 2.75) is 80.4 Å². The van der Waals surface area contributed by atoms with Crippen molar-refractivity contribution in [3.05, 3.63) is 0 Å². The lowest BCUT2D eigenvalue weighted by molar-refractivity contribution is -0.132. The van der Waals surface area contributed by atoms with E-state index < -0.39 is 0 Å². The molecule has 0 aliphatic carbocycles. The van der Waals surface area contributed by atoms with E-state index in [4.69, 9.17) is 0 Å². The number of carbonyl (C=O) groups excluding carboxylic acids is 1. The molecule has 0 saturated carbocycles. The maximum absolute atomic E-state index is 12.8. The summed E-state index contributed by atoms with van der Waals surface area (Å²) >= 11 is 0. The zero-order valence-electron chi connectivity index (χ0n) is 15.4. The Kier molecular flexibility index (Phi) is 6.27. The van der Waals surface area contributed by atoms with E-state index in [1.54, 1.807) is 0 Å². The zero-order valence-corrected chi connectivity index (χ0v) is 15.4. The molecule has 1 rings (SSSR count). The van der Waals surface area contributed by atoms with Crippen LogP contribution in [0.1, 0.15) is 68.2 Å². The van der Waals surface area contributed by atoms with Crippen molar-refractivity contribution in [2.24, 2.45) is 23.2 Å². The van der Waals surface area contributed by atoms with Gasteiger partial charge in [-0.2, -0.15) is 0 Å². The van der Waals surface area contributed by atoms with E-state index in [0.717, 1.165) is 19.4 Å². The summed E-state index contributed by atoms with van der Waals surface area (Å²) in [4.78, 5) is 14.9. The molecule has 1 amide bonds. The molecule has 3 nitrogen and oxygen atoms in total. The molecule has 4 atom stereocenters. The van der Waals surface area contributed by atoms with Crippen molar-refractivity contribution < 1.29 is 4.79 Å². The first-order chi connectivity index (χ1) is 9.57. The smallest absolute Gasteiger partial charge is 0.241 e. The van der Waals surface area contributed by atoms with Crippen LogP contribution < -0.4 is 5.32 Å². The number of carbonyl (C=O) groups is 1. The molecule has 21 heavy (non-hydrogen) atoms. The Labute approximate surface area is 131 Å². The Morgan fingerprint density at radius 2 is 1.76 bits per heavy atom. The molecule has 1 fully saturated rings. The second-order valence-electron chi connectivity index (χ2n) is 8.43. The average molecular weight is 296 g/mol. The molecular weight excluding hydrogens is 260 g/mol. The van der Waals surface area contributed by atoms with Crippen LogP contribution in [0.25, 0.3) is 0 Å². The van der Waals surface area contributed by atoms with Crippen LogP contribution in [0.15, 0.2) is 0 Å². The van der Waals surface area contributed by atoms with Gasteiger partial charge >= 0.3 is 0 Å². The second kappa shape index (κ2) is 7.13. The molecule has 1 heterocycles. The van der Waals surface area contributed by atoms with Gasteiger partial charge in [-0.15, -0.1) is 0 Å².